The van der Waals surface area contributed by atoms with Gasteiger partial charge < -0.3 is 20.1 Å². The summed E-state index contributed by atoms with van der Waals surface area (Å²) in [5, 5.41) is 6.16. The van der Waals surface area contributed by atoms with Gasteiger partial charge in [-0.15, -0.1) is 0 Å². The van der Waals surface area contributed by atoms with Crippen molar-refractivity contribution in [3.8, 4) is 5.75 Å². The van der Waals surface area contributed by atoms with Crippen LogP contribution in [0.15, 0.2) is 54.6 Å². The molecule has 0 aliphatic carbocycles. The van der Waals surface area contributed by atoms with Crippen LogP contribution in [0.25, 0.3) is 0 Å². The zero-order valence-electron chi connectivity index (χ0n) is 14.4. The van der Waals surface area contributed by atoms with Crippen LogP contribution in [-0.2, 0) is 22.7 Å². The van der Waals surface area contributed by atoms with E-state index in [1.807, 2.05) is 61.5 Å². The Balaban J connectivity index is 1.46. The SMILES string of the molecule is C[C@H]1OCCN[C@@H]1C(=O)NCc1ccc(COc2ccccc2)cc1. The van der Waals surface area contributed by atoms with Gasteiger partial charge in [0.25, 0.3) is 0 Å². The Morgan fingerprint density at radius 2 is 1.88 bits per heavy atom. The molecule has 1 amide bonds. The Morgan fingerprint density at radius 1 is 1.16 bits per heavy atom. The molecule has 0 unspecified atom stereocenters. The van der Waals surface area contributed by atoms with Crippen molar-refractivity contribution in [2.75, 3.05) is 13.2 Å². The maximum atomic E-state index is 12.2. The third-order valence-corrected chi connectivity index (χ3v) is 4.24. The quantitative estimate of drug-likeness (QED) is 0.847. The molecule has 0 aromatic heterocycles. The molecule has 0 saturated carbocycles. The lowest BCUT2D eigenvalue weighted by atomic mass is 10.1. The number of amides is 1. The highest BCUT2D eigenvalue weighted by Crippen LogP contribution is 2.12. The van der Waals surface area contributed by atoms with Crippen LogP contribution in [0.1, 0.15) is 18.1 Å². The van der Waals surface area contributed by atoms with Crippen molar-refractivity contribution in [2.45, 2.75) is 32.2 Å². The van der Waals surface area contributed by atoms with Crippen LogP contribution in [0.4, 0.5) is 0 Å². The summed E-state index contributed by atoms with van der Waals surface area (Å²) in [6.45, 7) is 4.30. The van der Waals surface area contributed by atoms with Crippen molar-refractivity contribution in [3.05, 3.63) is 65.7 Å². The molecule has 25 heavy (non-hydrogen) atoms. The average Bonchev–Trinajstić information content (AvgIpc) is 2.66. The van der Waals surface area contributed by atoms with Gasteiger partial charge in [0.2, 0.25) is 5.91 Å². The zero-order valence-corrected chi connectivity index (χ0v) is 14.4. The fourth-order valence-electron chi connectivity index (χ4n) is 2.76. The van der Waals surface area contributed by atoms with E-state index in [0.29, 0.717) is 26.3 Å². The van der Waals surface area contributed by atoms with Gasteiger partial charge >= 0.3 is 0 Å². The van der Waals surface area contributed by atoms with E-state index in [1.165, 1.54) is 0 Å². The molecule has 5 heteroatoms. The number of morpholine rings is 1. The van der Waals surface area contributed by atoms with E-state index < -0.39 is 0 Å². The van der Waals surface area contributed by atoms with Crippen LogP contribution in [-0.4, -0.2) is 31.2 Å². The molecule has 3 rings (SSSR count). The third-order valence-electron chi connectivity index (χ3n) is 4.24. The van der Waals surface area contributed by atoms with Crippen molar-refractivity contribution in [1.29, 1.82) is 0 Å². The number of nitrogens with one attached hydrogen (secondary N) is 2. The van der Waals surface area contributed by atoms with E-state index in [1.54, 1.807) is 0 Å². The van der Waals surface area contributed by atoms with E-state index in [9.17, 15) is 4.79 Å². The van der Waals surface area contributed by atoms with Crippen LogP contribution in [0.5, 0.6) is 5.75 Å². The summed E-state index contributed by atoms with van der Waals surface area (Å²) in [6, 6.07) is 17.5. The van der Waals surface area contributed by atoms with Crippen molar-refractivity contribution in [1.82, 2.24) is 10.6 Å². The molecule has 2 atom stereocenters. The number of ether oxygens (including phenoxy) is 2. The molecule has 2 aromatic rings. The molecule has 0 radical (unpaired) electrons. The molecule has 1 heterocycles. The molecular weight excluding hydrogens is 316 g/mol. The lowest BCUT2D eigenvalue weighted by Crippen LogP contribution is -2.55. The Hall–Kier alpha value is -2.37. The van der Waals surface area contributed by atoms with Gasteiger partial charge in [-0.2, -0.15) is 0 Å². The average molecular weight is 340 g/mol. The lowest BCUT2D eigenvalue weighted by molar-refractivity contribution is -0.129. The Morgan fingerprint density at radius 3 is 2.60 bits per heavy atom. The second-order valence-corrected chi connectivity index (χ2v) is 6.14. The Bertz CT molecular complexity index is 673. The molecule has 1 fully saturated rings. The van der Waals surface area contributed by atoms with Gasteiger partial charge in [-0.25, -0.2) is 0 Å². The minimum atomic E-state index is -0.285. The van der Waals surface area contributed by atoms with Gasteiger partial charge in [0.15, 0.2) is 0 Å². The van der Waals surface area contributed by atoms with Crippen LogP contribution >= 0.6 is 0 Å². The van der Waals surface area contributed by atoms with Crippen molar-refractivity contribution < 1.29 is 14.3 Å². The first-order chi connectivity index (χ1) is 12.2. The lowest BCUT2D eigenvalue weighted by Gasteiger charge is -2.29. The van der Waals surface area contributed by atoms with Gasteiger partial charge in [-0.05, 0) is 30.2 Å². The molecule has 5 nitrogen and oxygen atoms in total. The van der Waals surface area contributed by atoms with E-state index >= 15 is 0 Å². The standard InChI is InChI=1S/C20H24N2O3/c1-15-19(21-11-12-24-15)20(23)22-13-16-7-9-17(10-8-16)14-25-18-5-3-2-4-6-18/h2-10,15,19,21H,11-14H2,1H3,(H,22,23)/t15-,19+/m1/s1. The van der Waals surface area contributed by atoms with E-state index in [-0.39, 0.29) is 18.1 Å². The number of carbonyl (C=O) groups is 1. The summed E-state index contributed by atoms with van der Waals surface area (Å²) in [7, 11) is 0. The summed E-state index contributed by atoms with van der Waals surface area (Å²) in [4.78, 5) is 12.2. The zero-order chi connectivity index (χ0) is 17.5. The summed E-state index contributed by atoms with van der Waals surface area (Å²) in [5.74, 6) is 0.832. The van der Waals surface area contributed by atoms with E-state index in [4.69, 9.17) is 9.47 Å². The smallest absolute Gasteiger partial charge is 0.240 e. The summed E-state index contributed by atoms with van der Waals surface area (Å²) >= 11 is 0. The predicted octanol–water partition coefficient (Wildman–Crippen LogP) is 2.26. The monoisotopic (exact) mass is 340 g/mol. The van der Waals surface area contributed by atoms with Crippen LogP contribution < -0.4 is 15.4 Å². The summed E-state index contributed by atoms with van der Waals surface area (Å²) in [5.41, 5.74) is 2.15. The number of benzene rings is 2. The molecule has 0 bridgehead atoms. The highest BCUT2D eigenvalue weighted by molar-refractivity contribution is 5.82. The first-order valence-corrected chi connectivity index (χ1v) is 8.61. The normalized spacial score (nSPS) is 20.0. The fourth-order valence-corrected chi connectivity index (χ4v) is 2.76. The molecule has 132 valence electrons. The fraction of sp³-hybridized carbons (Fsp3) is 0.350. The van der Waals surface area contributed by atoms with Gasteiger partial charge in [-0.1, -0.05) is 42.5 Å². The molecule has 2 N–H and O–H groups in total. The minimum absolute atomic E-state index is 0.0244. The maximum Gasteiger partial charge on any atom is 0.240 e. The highest BCUT2D eigenvalue weighted by atomic mass is 16.5. The first-order valence-electron chi connectivity index (χ1n) is 8.61. The topological polar surface area (TPSA) is 59.6 Å². The van der Waals surface area contributed by atoms with Crippen LogP contribution in [0.3, 0.4) is 0 Å². The van der Waals surface area contributed by atoms with Gasteiger partial charge in [0.05, 0.1) is 12.7 Å². The van der Waals surface area contributed by atoms with Crippen LogP contribution in [0.2, 0.25) is 0 Å². The van der Waals surface area contributed by atoms with Gasteiger partial charge in [-0.3, -0.25) is 4.79 Å². The first kappa shape index (κ1) is 17.5. The molecule has 1 aliphatic rings. The number of hydrogen-bond donors (Lipinski definition) is 2. The molecule has 2 aromatic carbocycles. The van der Waals surface area contributed by atoms with Crippen molar-refractivity contribution >= 4 is 5.91 Å². The van der Waals surface area contributed by atoms with Crippen LogP contribution in [0, 0.1) is 0 Å². The molecule has 1 saturated heterocycles. The largest absolute Gasteiger partial charge is 0.489 e. The Kier molecular flexibility index (Phi) is 6.04. The number of hydrogen-bond acceptors (Lipinski definition) is 4. The van der Waals surface area contributed by atoms with Crippen molar-refractivity contribution in [2.24, 2.45) is 0 Å². The highest BCUT2D eigenvalue weighted by Gasteiger charge is 2.27. The Labute approximate surface area is 148 Å². The van der Waals surface area contributed by atoms with Crippen molar-refractivity contribution in [3.63, 3.8) is 0 Å². The summed E-state index contributed by atoms with van der Waals surface area (Å²) < 4.78 is 11.2. The number of carbonyl (C=O) groups excluding carboxylic acids is 1. The second kappa shape index (κ2) is 8.65. The third kappa shape index (κ3) is 5.05. The number of rotatable bonds is 6. The van der Waals surface area contributed by atoms with Gasteiger partial charge in [0, 0.05) is 13.1 Å². The molecule has 1 aliphatic heterocycles. The second-order valence-electron chi connectivity index (χ2n) is 6.14. The maximum absolute atomic E-state index is 12.2. The van der Waals surface area contributed by atoms with Gasteiger partial charge in [0.1, 0.15) is 18.4 Å². The molecule has 0 spiro atoms. The van der Waals surface area contributed by atoms with E-state index in [2.05, 4.69) is 10.6 Å². The number of para-hydroxylation sites is 1. The van der Waals surface area contributed by atoms with E-state index in [0.717, 1.165) is 16.9 Å². The minimum Gasteiger partial charge on any atom is -0.489 e. The predicted molar refractivity (Wildman–Crippen MR) is 96.3 cm³/mol. The molecular formula is C20H24N2O3. The summed E-state index contributed by atoms with van der Waals surface area (Å²) in [6.07, 6.45) is -0.105.